The van der Waals surface area contributed by atoms with Gasteiger partial charge in [0.05, 0.1) is 29.3 Å². The van der Waals surface area contributed by atoms with Crippen molar-refractivity contribution in [1.82, 2.24) is 9.78 Å². The number of nitrogens with zero attached hydrogens (tertiary/aromatic N) is 2. The average molecular weight is 372 g/mol. The number of ether oxygens (including phenoxy) is 1. The predicted molar refractivity (Wildman–Crippen MR) is 97.7 cm³/mol. The zero-order valence-electron chi connectivity index (χ0n) is 13.9. The lowest BCUT2D eigenvalue weighted by Crippen LogP contribution is -2.27. The van der Waals surface area contributed by atoms with Gasteiger partial charge in [-0.1, -0.05) is 23.7 Å². The van der Waals surface area contributed by atoms with Gasteiger partial charge in [0.1, 0.15) is 0 Å². The quantitative estimate of drug-likeness (QED) is 0.715. The lowest BCUT2D eigenvalue weighted by atomic mass is 10.1. The van der Waals surface area contributed by atoms with Gasteiger partial charge in [-0.3, -0.25) is 14.3 Å². The molecule has 0 aliphatic heterocycles. The third kappa shape index (κ3) is 3.16. The molecule has 0 radical (unpaired) electrons. The summed E-state index contributed by atoms with van der Waals surface area (Å²) in [6, 6.07) is 11.1. The fourth-order valence-electron chi connectivity index (χ4n) is 2.56. The first-order chi connectivity index (χ1) is 12.4. The summed E-state index contributed by atoms with van der Waals surface area (Å²) in [4.78, 5) is 37.1. The molecule has 0 fully saturated rings. The zero-order valence-corrected chi connectivity index (χ0v) is 14.7. The van der Waals surface area contributed by atoms with Gasteiger partial charge in [0.2, 0.25) is 5.43 Å². The molecule has 26 heavy (non-hydrogen) atoms. The van der Waals surface area contributed by atoms with Crippen LogP contribution in [0.5, 0.6) is 0 Å². The van der Waals surface area contributed by atoms with Crippen LogP contribution in [0.25, 0.3) is 10.9 Å². The number of nitrogens with one attached hydrogen (secondary N) is 1. The van der Waals surface area contributed by atoms with E-state index < -0.39 is 17.3 Å². The Hall–Kier alpha value is -3.19. The number of aromatic nitrogens is 2. The highest BCUT2D eigenvalue weighted by Gasteiger charge is 2.19. The smallest absolute Gasteiger partial charge is 0.339 e. The Morgan fingerprint density at radius 2 is 1.92 bits per heavy atom. The van der Waals surface area contributed by atoms with Crippen LogP contribution in [-0.2, 0) is 11.8 Å². The molecule has 0 unspecified atom stereocenters. The first-order valence-electron chi connectivity index (χ1n) is 7.57. The van der Waals surface area contributed by atoms with E-state index in [9.17, 15) is 14.4 Å². The van der Waals surface area contributed by atoms with Gasteiger partial charge in [0.25, 0.3) is 5.91 Å². The highest BCUT2D eigenvalue weighted by molar-refractivity contribution is 6.31. The molecule has 3 rings (SSSR count). The van der Waals surface area contributed by atoms with E-state index in [0.717, 1.165) is 0 Å². The predicted octanol–water partition coefficient (Wildman–Crippen LogP) is 2.63. The first-order valence-corrected chi connectivity index (χ1v) is 7.95. The van der Waals surface area contributed by atoms with Gasteiger partial charge >= 0.3 is 5.97 Å². The van der Waals surface area contributed by atoms with Crippen molar-refractivity contribution in [3.8, 4) is 0 Å². The van der Waals surface area contributed by atoms with E-state index in [1.807, 2.05) is 0 Å². The monoisotopic (exact) mass is 371 g/mol. The molecule has 1 N–H and O–H groups in total. The Balaban J connectivity index is 2.06. The number of fused-ring (bicyclic) bond motifs is 1. The second-order valence-electron chi connectivity index (χ2n) is 5.45. The summed E-state index contributed by atoms with van der Waals surface area (Å²) in [5, 5.41) is 7.25. The summed E-state index contributed by atoms with van der Waals surface area (Å²) in [6.45, 7) is 0. The molecular formula is C18H14ClN3O4. The molecule has 0 saturated carbocycles. The minimum Gasteiger partial charge on any atom is -0.465 e. The number of carbonyl (C=O) groups excluding carboxylic acids is 2. The van der Waals surface area contributed by atoms with Crippen molar-refractivity contribution in [2.75, 3.05) is 12.4 Å². The second-order valence-corrected chi connectivity index (χ2v) is 5.89. The summed E-state index contributed by atoms with van der Waals surface area (Å²) in [5.74, 6) is -1.34. The summed E-state index contributed by atoms with van der Waals surface area (Å²) in [7, 11) is 2.86. The summed E-state index contributed by atoms with van der Waals surface area (Å²) in [6.07, 6.45) is 0. The van der Waals surface area contributed by atoms with E-state index in [4.69, 9.17) is 16.3 Å². The minimum absolute atomic E-state index is 0.170. The molecular weight excluding hydrogens is 358 g/mol. The topological polar surface area (TPSA) is 90.3 Å². The first kappa shape index (κ1) is 17.6. The summed E-state index contributed by atoms with van der Waals surface area (Å²) < 4.78 is 6.12. The maximum absolute atomic E-state index is 12.7. The van der Waals surface area contributed by atoms with Gasteiger partial charge in [0, 0.05) is 12.1 Å². The van der Waals surface area contributed by atoms with E-state index in [1.165, 1.54) is 30.0 Å². The van der Waals surface area contributed by atoms with Crippen LogP contribution in [0.2, 0.25) is 5.02 Å². The van der Waals surface area contributed by atoms with E-state index in [2.05, 4.69) is 10.4 Å². The Kier molecular flexibility index (Phi) is 4.73. The number of hydrogen-bond donors (Lipinski definition) is 1. The third-order valence-corrected chi connectivity index (χ3v) is 4.05. The summed E-state index contributed by atoms with van der Waals surface area (Å²) in [5.41, 5.74) is 0.0879. The fraction of sp³-hybridized carbons (Fsp3) is 0.111. The number of para-hydroxylation sites is 1. The number of rotatable bonds is 3. The number of anilines is 1. The van der Waals surface area contributed by atoms with Crippen molar-refractivity contribution in [2.45, 2.75) is 0 Å². The van der Waals surface area contributed by atoms with Gasteiger partial charge in [0.15, 0.2) is 5.69 Å². The van der Waals surface area contributed by atoms with Crippen LogP contribution < -0.4 is 10.7 Å². The van der Waals surface area contributed by atoms with Crippen LogP contribution in [0.4, 0.5) is 5.69 Å². The van der Waals surface area contributed by atoms with Crippen LogP contribution in [0.15, 0.2) is 47.3 Å². The Morgan fingerprint density at radius 3 is 2.65 bits per heavy atom. The molecule has 0 aliphatic rings. The molecule has 8 heteroatoms. The number of carbonyl (C=O) groups is 2. The van der Waals surface area contributed by atoms with Gasteiger partial charge in [-0.25, -0.2) is 4.79 Å². The highest BCUT2D eigenvalue weighted by atomic mass is 35.5. The lowest BCUT2D eigenvalue weighted by Gasteiger charge is -2.11. The number of halogens is 1. The minimum atomic E-state index is -0.733. The lowest BCUT2D eigenvalue weighted by molar-refractivity contribution is 0.0602. The van der Waals surface area contributed by atoms with Crippen LogP contribution in [0, 0.1) is 0 Å². The van der Waals surface area contributed by atoms with E-state index in [-0.39, 0.29) is 22.3 Å². The Bertz CT molecular complexity index is 1090. The molecule has 0 bridgehead atoms. The third-order valence-electron chi connectivity index (χ3n) is 3.81. The standard InChI is InChI=1S/C18H14ClN3O4/c1-22-14-8-7-10(19)9-12(14)16(23)15(21-22)17(24)20-13-6-4-3-5-11(13)18(25)26-2/h3-9H,1-2H3,(H,20,24). The molecule has 0 aliphatic carbocycles. The molecule has 132 valence electrons. The molecule has 7 nitrogen and oxygen atoms in total. The molecule has 1 amide bonds. The van der Waals surface area contributed by atoms with E-state index in [1.54, 1.807) is 31.3 Å². The fourth-order valence-corrected chi connectivity index (χ4v) is 2.73. The van der Waals surface area contributed by atoms with Crippen LogP contribution in [-0.4, -0.2) is 28.8 Å². The zero-order chi connectivity index (χ0) is 18.8. The van der Waals surface area contributed by atoms with Crippen molar-refractivity contribution >= 4 is 40.1 Å². The summed E-state index contributed by atoms with van der Waals surface area (Å²) >= 11 is 5.96. The van der Waals surface area contributed by atoms with Crippen molar-refractivity contribution in [3.05, 3.63) is 69.0 Å². The maximum atomic E-state index is 12.7. The number of esters is 1. The van der Waals surface area contributed by atoms with Gasteiger partial charge in [-0.2, -0.15) is 5.10 Å². The molecule has 2 aromatic carbocycles. The van der Waals surface area contributed by atoms with Crippen molar-refractivity contribution in [2.24, 2.45) is 7.05 Å². The second kappa shape index (κ2) is 6.97. The maximum Gasteiger partial charge on any atom is 0.339 e. The van der Waals surface area contributed by atoms with Crippen LogP contribution >= 0.6 is 11.6 Å². The normalized spacial score (nSPS) is 10.6. The van der Waals surface area contributed by atoms with Gasteiger partial charge < -0.3 is 10.1 Å². The van der Waals surface area contributed by atoms with Crippen LogP contribution in [0.1, 0.15) is 20.8 Å². The van der Waals surface area contributed by atoms with Crippen molar-refractivity contribution < 1.29 is 14.3 Å². The van der Waals surface area contributed by atoms with E-state index >= 15 is 0 Å². The molecule has 3 aromatic rings. The van der Waals surface area contributed by atoms with E-state index in [0.29, 0.717) is 10.5 Å². The number of amides is 1. The van der Waals surface area contributed by atoms with Gasteiger partial charge in [-0.05, 0) is 30.3 Å². The SMILES string of the molecule is COC(=O)c1ccccc1NC(=O)c1nn(C)c2ccc(Cl)cc2c1=O. The Morgan fingerprint density at radius 1 is 1.19 bits per heavy atom. The number of methoxy groups -OCH3 is 1. The highest BCUT2D eigenvalue weighted by Crippen LogP contribution is 2.18. The van der Waals surface area contributed by atoms with Crippen molar-refractivity contribution in [1.29, 1.82) is 0 Å². The number of hydrogen-bond acceptors (Lipinski definition) is 5. The molecule has 0 spiro atoms. The molecule has 1 heterocycles. The number of benzene rings is 2. The molecule has 0 saturated heterocycles. The average Bonchev–Trinajstić information content (AvgIpc) is 2.64. The largest absolute Gasteiger partial charge is 0.465 e. The molecule has 1 aromatic heterocycles. The number of aryl methyl sites for hydroxylation is 1. The molecule has 0 atom stereocenters. The van der Waals surface area contributed by atoms with Crippen molar-refractivity contribution in [3.63, 3.8) is 0 Å². The van der Waals surface area contributed by atoms with Crippen LogP contribution in [0.3, 0.4) is 0 Å². The Labute approximate surface area is 153 Å². The van der Waals surface area contributed by atoms with Gasteiger partial charge in [-0.15, -0.1) is 0 Å².